The number of sulfonamides is 1. The predicted molar refractivity (Wildman–Crippen MR) is 98.3 cm³/mol. The van der Waals surface area contributed by atoms with Crippen LogP contribution in [0.3, 0.4) is 0 Å². The first-order valence-corrected chi connectivity index (χ1v) is 11.2. The van der Waals surface area contributed by atoms with Gasteiger partial charge in [0.25, 0.3) is 10.0 Å². The fourth-order valence-corrected chi connectivity index (χ4v) is 5.13. The van der Waals surface area contributed by atoms with Gasteiger partial charge in [-0.25, -0.2) is 13.1 Å². The summed E-state index contributed by atoms with van der Waals surface area (Å²) in [5.41, 5.74) is 0. The van der Waals surface area contributed by atoms with E-state index >= 15 is 0 Å². The Morgan fingerprint density at radius 1 is 1.35 bits per heavy atom. The largest absolute Gasteiger partial charge is 0.464 e. The van der Waals surface area contributed by atoms with Gasteiger partial charge in [0.05, 0.1) is 13.1 Å². The normalized spacial score (nSPS) is 22.3. The third-order valence-electron chi connectivity index (χ3n) is 4.96. The average molecular weight is 395 g/mol. The van der Waals surface area contributed by atoms with E-state index in [1.807, 2.05) is 12.1 Å². The van der Waals surface area contributed by atoms with Crippen LogP contribution in [0.15, 0.2) is 38.3 Å². The number of thiophene rings is 1. The summed E-state index contributed by atoms with van der Waals surface area (Å²) in [4.78, 5) is 14.3. The highest BCUT2D eigenvalue weighted by molar-refractivity contribution is 7.91. The lowest BCUT2D eigenvalue weighted by Crippen LogP contribution is -2.40. The number of carbonyl (C=O) groups excluding carboxylic acids is 1. The van der Waals surface area contributed by atoms with Crippen molar-refractivity contribution in [2.24, 2.45) is 5.92 Å². The highest BCUT2D eigenvalue weighted by atomic mass is 32.2. The minimum Gasteiger partial charge on any atom is -0.464 e. The van der Waals surface area contributed by atoms with Gasteiger partial charge in [-0.15, -0.1) is 11.3 Å². The van der Waals surface area contributed by atoms with Crippen LogP contribution in [-0.2, 0) is 21.4 Å². The molecule has 140 valence electrons. The van der Waals surface area contributed by atoms with Gasteiger partial charge in [0, 0.05) is 12.0 Å². The van der Waals surface area contributed by atoms with E-state index in [-0.39, 0.29) is 22.7 Å². The van der Waals surface area contributed by atoms with Gasteiger partial charge in [-0.2, -0.15) is 0 Å². The van der Waals surface area contributed by atoms with Crippen molar-refractivity contribution < 1.29 is 17.6 Å². The quantitative estimate of drug-likeness (QED) is 0.747. The lowest BCUT2D eigenvalue weighted by Gasteiger charge is -2.21. The van der Waals surface area contributed by atoms with Gasteiger partial charge >= 0.3 is 0 Å². The van der Waals surface area contributed by atoms with Crippen LogP contribution in [0.1, 0.15) is 43.6 Å². The van der Waals surface area contributed by atoms with E-state index in [0.29, 0.717) is 18.4 Å². The van der Waals surface area contributed by atoms with E-state index in [0.717, 1.165) is 42.1 Å². The van der Waals surface area contributed by atoms with Crippen LogP contribution in [-0.4, -0.2) is 31.8 Å². The number of amides is 1. The molecule has 1 amide bonds. The standard InChI is InChI=1S/C18H22N2O4S2/c1-12-9-15(12)16-7-6-14(24-16)11-20(13-4-5-13)17(21)10-19-26(22,23)18-3-2-8-25-18/h2-3,6-8,12-13,15,19H,4-5,9-11H2,1H3. The average Bonchev–Trinajstić information content (AvgIpc) is 3.45. The number of carbonyl (C=O) groups is 1. The van der Waals surface area contributed by atoms with Crippen molar-refractivity contribution in [1.29, 1.82) is 0 Å². The summed E-state index contributed by atoms with van der Waals surface area (Å²) in [7, 11) is -3.63. The molecule has 1 N–H and O–H groups in total. The molecule has 0 aromatic carbocycles. The SMILES string of the molecule is CC1CC1c1ccc(CN(C(=O)CNS(=O)(=O)c2cccs2)C2CC2)o1. The van der Waals surface area contributed by atoms with Crippen molar-refractivity contribution in [3.8, 4) is 0 Å². The molecular weight excluding hydrogens is 372 g/mol. The minimum absolute atomic E-state index is 0.183. The molecule has 8 heteroatoms. The lowest BCUT2D eigenvalue weighted by atomic mass is 10.3. The van der Waals surface area contributed by atoms with Crippen molar-refractivity contribution in [3.05, 3.63) is 41.2 Å². The van der Waals surface area contributed by atoms with E-state index in [1.165, 1.54) is 6.07 Å². The second-order valence-electron chi connectivity index (χ2n) is 7.13. The van der Waals surface area contributed by atoms with Crippen molar-refractivity contribution in [3.63, 3.8) is 0 Å². The predicted octanol–water partition coefficient (Wildman–Crippen LogP) is 2.93. The zero-order valence-corrected chi connectivity index (χ0v) is 16.2. The van der Waals surface area contributed by atoms with Crippen molar-refractivity contribution in [2.45, 2.75) is 48.9 Å². The summed E-state index contributed by atoms with van der Waals surface area (Å²) in [6.45, 7) is 2.36. The Morgan fingerprint density at radius 3 is 2.73 bits per heavy atom. The summed E-state index contributed by atoms with van der Waals surface area (Å²) >= 11 is 1.13. The van der Waals surface area contributed by atoms with Gasteiger partial charge in [-0.05, 0) is 48.8 Å². The molecule has 2 aromatic rings. The van der Waals surface area contributed by atoms with Crippen LogP contribution >= 0.6 is 11.3 Å². The number of rotatable bonds is 8. The summed E-state index contributed by atoms with van der Waals surface area (Å²) in [6.07, 6.45) is 3.07. The first kappa shape index (κ1) is 17.8. The molecule has 0 saturated heterocycles. The summed E-state index contributed by atoms with van der Waals surface area (Å²) in [5, 5.41) is 1.70. The Balaban J connectivity index is 1.38. The molecular formula is C18H22N2O4S2. The maximum absolute atomic E-state index is 12.6. The first-order chi connectivity index (χ1) is 12.4. The summed E-state index contributed by atoms with van der Waals surface area (Å²) in [6, 6.07) is 7.31. The molecule has 0 bridgehead atoms. The van der Waals surface area contributed by atoms with Crippen LogP contribution in [0.5, 0.6) is 0 Å². The van der Waals surface area contributed by atoms with Crippen LogP contribution in [0, 0.1) is 5.92 Å². The minimum atomic E-state index is -3.63. The topological polar surface area (TPSA) is 79.6 Å². The van der Waals surface area contributed by atoms with Gasteiger partial charge in [0.2, 0.25) is 5.91 Å². The molecule has 0 spiro atoms. The van der Waals surface area contributed by atoms with Gasteiger partial charge in [0.1, 0.15) is 15.7 Å². The number of nitrogens with one attached hydrogen (secondary N) is 1. The Bertz CT molecular complexity index is 884. The van der Waals surface area contributed by atoms with Gasteiger partial charge in [-0.3, -0.25) is 4.79 Å². The smallest absolute Gasteiger partial charge is 0.250 e. The van der Waals surface area contributed by atoms with Crippen LogP contribution < -0.4 is 4.72 Å². The van der Waals surface area contributed by atoms with Crippen molar-refractivity contribution in [2.75, 3.05) is 6.54 Å². The summed E-state index contributed by atoms with van der Waals surface area (Å²) in [5.74, 6) is 2.72. The highest BCUT2D eigenvalue weighted by Crippen LogP contribution is 2.47. The molecule has 2 aliphatic rings. The molecule has 0 radical (unpaired) electrons. The zero-order chi connectivity index (χ0) is 18.3. The van der Waals surface area contributed by atoms with Crippen LogP contribution in [0.2, 0.25) is 0 Å². The molecule has 2 saturated carbocycles. The van der Waals surface area contributed by atoms with E-state index in [9.17, 15) is 13.2 Å². The number of nitrogens with zero attached hydrogens (tertiary/aromatic N) is 1. The van der Waals surface area contributed by atoms with Gasteiger partial charge in [-0.1, -0.05) is 13.0 Å². The Hall–Kier alpha value is -1.64. The maximum Gasteiger partial charge on any atom is 0.250 e. The second kappa shape index (κ2) is 6.83. The van der Waals surface area contributed by atoms with E-state index < -0.39 is 10.0 Å². The molecule has 2 atom stereocenters. The van der Waals surface area contributed by atoms with Crippen molar-refractivity contribution in [1.82, 2.24) is 9.62 Å². The van der Waals surface area contributed by atoms with E-state index in [2.05, 4.69) is 11.6 Å². The first-order valence-electron chi connectivity index (χ1n) is 8.85. The highest BCUT2D eigenvalue weighted by Gasteiger charge is 2.37. The summed E-state index contributed by atoms with van der Waals surface area (Å²) < 4.78 is 32.9. The molecule has 26 heavy (non-hydrogen) atoms. The molecule has 2 heterocycles. The van der Waals surface area contributed by atoms with Crippen LogP contribution in [0.25, 0.3) is 0 Å². The fraction of sp³-hybridized carbons (Fsp3) is 0.500. The third-order valence-corrected chi connectivity index (χ3v) is 7.76. The third kappa shape index (κ3) is 3.87. The Labute approximate surface area is 157 Å². The molecule has 2 aliphatic carbocycles. The molecule has 2 aromatic heterocycles. The van der Waals surface area contributed by atoms with Crippen LogP contribution in [0.4, 0.5) is 0 Å². The fourth-order valence-electron chi connectivity index (χ4n) is 3.12. The lowest BCUT2D eigenvalue weighted by molar-refractivity contribution is -0.131. The number of hydrogen-bond donors (Lipinski definition) is 1. The molecule has 6 nitrogen and oxygen atoms in total. The number of furan rings is 1. The maximum atomic E-state index is 12.6. The molecule has 0 aliphatic heterocycles. The number of hydrogen-bond acceptors (Lipinski definition) is 5. The molecule has 2 unspecified atom stereocenters. The van der Waals surface area contributed by atoms with Gasteiger partial charge in [0.15, 0.2) is 0 Å². The van der Waals surface area contributed by atoms with Crippen molar-refractivity contribution >= 4 is 27.3 Å². The Kier molecular flexibility index (Phi) is 4.66. The second-order valence-corrected chi connectivity index (χ2v) is 10.1. The van der Waals surface area contributed by atoms with E-state index in [1.54, 1.807) is 16.3 Å². The monoisotopic (exact) mass is 394 g/mol. The van der Waals surface area contributed by atoms with Gasteiger partial charge < -0.3 is 9.32 Å². The Morgan fingerprint density at radius 2 is 2.12 bits per heavy atom. The van der Waals surface area contributed by atoms with E-state index in [4.69, 9.17) is 4.42 Å². The molecule has 2 fully saturated rings. The zero-order valence-electron chi connectivity index (χ0n) is 14.6. The molecule has 4 rings (SSSR count).